The van der Waals surface area contributed by atoms with Crippen LogP contribution in [0.3, 0.4) is 0 Å². The maximum atomic E-state index is 5.39. The zero-order chi connectivity index (χ0) is 12.5. The number of ether oxygens (including phenoxy) is 1. The number of hydrogen-bond acceptors (Lipinski definition) is 2. The van der Waals surface area contributed by atoms with Gasteiger partial charge in [0.15, 0.2) is 0 Å². The molecular weight excluding hydrogens is 216 g/mol. The fourth-order valence-electron chi connectivity index (χ4n) is 2.38. The summed E-state index contributed by atoms with van der Waals surface area (Å²) in [7, 11) is 1.73. The summed E-state index contributed by atoms with van der Waals surface area (Å²) in [5.41, 5.74) is 5.36. The van der Waals surface area contributed by atoms with Crippen LogP contribution >= 0.6 is 12.6 Å². The molecule has 1 nitrogen and oxygen atoms in total. The molecule has 0 aromatic heterocycles. The molecule has 90 valence electrons. The van der Waals surface area contributed by atoms with Crippen LogP contribution in [-0.2, 0) is 5.41 Å². The van der Waals surface area contributed by atoms with E-state index in [0.29, 0.717) is 0 Å². The van der Waals surface area contributed by atoms with E-state index < -0.39 is 0 Å². The van der Waals surface area contributed by atoms with Crippen LogP contribution in [0.4, 0.5) is 0 Å². The van der Waals surface area contributed by atoms with Crippen molar-refractivity contribution in [2.24, 2.45) is 0 Å². The molecular formula is C14H22OS. The fraction of sp³-hybridized carbons (Fsp3) is 0.571. The molecule has 0 aliphatic carbocycles. The lowest BCUT2D eigenvalue weighted by atomic mass is 9.79. The standard InChI is InChI=1S/C14H22OS/c1-9-7-12(15-6)10(2)11(3)13(9)14(4,5)8-16/h7,16H,8H2,1-6H3. The summed E-state index contributed by atoms with van der Waals surface area (Å²) in [6.07, 6.45) is 0. The molecule has 0 unspecified atom stereocenters. The van der Waals surface area contributed by atoms with E-state index in [1.807, 2.05) is 0 Å². The predicted molar refractivity (Wildman–Crippen MR) is 74.1 cm³/mol. The Bertz CT molecular complexity index is 394. The lowest BCUT2D eigenvalue weighted by Crippen LogP contribution is -2.22. The van der Waals surface area contributed by atoms with Gasteiger partial charge < -0.3 is 4.74 Å². The first kappa shape index (κ1) is 13.4. The van der Waals surface area contributed by atoms with Gasteiger partial charge in [-0.1, -0.05) is 13.8 Å². The van der Waals surface area contributed by atoms with Crippen LogP contribution in [0.1, 0.15) is 36.1 Å². The van der Waals surface area contributed by atoms with Crippen molar-refractivity contribution >= 4 is 12.6 Å². The SMILES string of the molecule is COc1cc(C)c(C(C)(C)CS)c(C)c1C. The first-order chi connectivity index (χ1) is 7.35. The first-order valence-electron chi connectivity index (χ1n) is 5.61. The highest BCUT2D eigenvalue weighted by atomic mass is 32.1. The highest BCUT2D eigenvalue weighted by Gasteiger charge is 2.24. The van der Waals surface area contributed by atoms with E-state index in [1.54, 1.807) is 7.11 Å². The van der Waals surface area contributed by atoms with Gasteiger partial charge in [0.25, 0.3) is 0 Å². The molecule has 0 fully saturated rings. The molecule has 0 atom stereocenters. The molecule has 0 radical (unpaired) electrons. The number of hydrogen-bond donors (Lipinski definition) is 1. The number of aryl methyl sites for hydroxylation is 1. The van der Waals surface area contributed by atoms with Crippen LogP contribution in [0, 0.1) is 20.8 Å². The quantitative estimate of drug-likeness (QED) is 0.787. The molecule has 0 saturated heterocycles. The van der Waals surface area contributed by atoms with Gasteiger partial charge in [-0.2, -0.15) is 12.6 Å². The first-order valence-corrected chi connectivity index (χ1v) is 6.24. The van der Waals surface area contributed by atoms with Crippen LogP contribution < -0.4 is 4.74 Å². The van der Waals surface area contributed by atoms with Gasteiger partial charge in [-0.15, -0.1) is 0 Å². The number of methoxy groups -OCH3 is 1. The summed E-state index contributed by atoms with van der Waals surface area (Å²) in [6, 6.07) is 2.13. The third-order valence-corrected chi connectivity index (χ3v) is 4.13. The number of rotatable bonds is 3. The Balaban J connectivity index is 3.48. The van der Waals surface area contributed by atoms with Crippen molar-refractivity contribution in [2.75, 3.05) is 12.9 Å². The zero-order valence-corrected chi connectivity index (χ0v) is 12.0. The summed E-state index contributed by atoms with van der Waals surface area (Å²) in [5.74, 6) is 1.83. The largest absolute Gasteiger partial charge is 0.496 e. The second-order valence-corrected chi connectivity index (χ2v) is 5.38. The van der Waals surface area contributed by atoms with Gasteiger partial charge >= 0.3 is 0 Å². The van der Waals surface area contributed by atoms with Gasteiger partial charge in [-0.05, 0) is 60.3 Å². The summed E-state index contributed by atoms with van der Waals surface area (Å²) < 4.78 is 5.39. The molecule has 0 aliphatic heterocycles. The van der Waals surface area contributed by atoms with E-state index >= 15 is 0 Å². The fourth-order valence-corrected chi connectivity index (χ4v) is 2.54. The third kappa shape index (κ3) is 2.22. The van der Waals surface area contributed by atoms with E-state index in [-0.39, 0.29) is 5.41 Å². The molecule has 16 heavy (non-hydrogen) atoms. The van der Waals surface area contributed by atoms with Crippen molar-refractivity contribution in [3.8, 4) is 5.75 Å². The molecule has 0 aliphatic rings. The molecule has 0 bridgehead atoms. The summed E-state index contributed by atoms with van der Waals surface area (Å²) >= 11 is 4.46. The highest BCUT2D eigenvalue weighted by Crippen LogP contribution is 2.35. The summed E-state index contributed by atoms with van der Waals surface area (Å²) in [5, 5.41) is 0. The van der Waals surface area contributed by atoms with Crippen molar-refractivity contribution in [1.29, 1.82) is 0 Å². The lowest BCUT2D eigenvalue weighted by molar-refractivity contribution is 0.410. The van der Waals surface area contributed by atoms with Crippen LogP contribution in [0.2, 0.25) is 0 Å². The molecule has 0 amide bonds. The van der Waals surface area contributed by atoms with Crippen molar-refractivity contribution in [2.45, 2.75) is 40.0 Å². The van der Waals surface area contributed by atoms with E-state index in [1.165, 1.54) is 22.3 Å². The smallest absolute Gasteiger partial charge is 0.122 e. The topological polar surface area (TPSA) is 9.23 Å². The van der Waals surface area contributed by atoms with Gasteiger partial charge in [0.1, 0.15) is 5.75 Å². The molecule has 0 heterocycles. The maximum Gasteiger partial charge on any atom is 0.122 e. The van der Waals surface area contributed by atoms with Crippen molar-refractivity contribution in [3.05, 3.63) is 28.3 Å². The molecule has 0 spiro atoms. The Hall–Kier alpha value is -0.630. The average molecular weight is 238 g/mol. The van der Waals surface area contributed by atoms with Gasteiger partial charge in [0.2, 0.25) is 0 Å². The van der Waals surface area contributed by atoms with Crippen LogP contribution in [0.15, 0.2) is 6.07 Å². The van der Waals surface area contributed by atoms with E-state index in [9.17, 15) is 0 Å². The molecule has 1 aromatic carbocycles. The molecule has 1 rings (SSSR count). The van der Waals surface area contributed by atoms with Crippen LogP contribution in [0.25, 0.3) is 0 Å². The molecule has 0 saturated carbocycles. The van der Waals surface area contributed by atoms with Crippen LogP contribution in [-0.4, -0.2) is 12.9 Å². The Morgan fingerprint density at radius 1 is 1.19 bits per heavy atom. The lowest BCUT2D eigenvalue weighted by Gasteiger charge is -2.29. The predicted octanol–water partition coefficient (Wildman–Crippen LogP) is 3.83. The Labute approximate surface area is 105 Å². The molecule has 2 heteroatoms. The van der Waals surface area contributed by atoms with E-state index in [0.717, 1.165) is 11.5 Å². The van der Waals surface area contributed by atoms with Crippen molar-refractivity contribution < 1.29 is 4.74 Å². The third-order valence-electron chi connectivity index (χ3n) is 3.34. The maximum absolute atomic E-state index is 5.39. The Morgan fingerprint density at radius 2 is 1.75 bits per heavy atom. The monoisotopic (exact) mass is 238 g/mol. The Morgan fingerprint density at radius 3 is 2.19 bits per heavy atom. The highest BCUT2D eigenvalue weighted by molar-refractivity contribution is 7.80. The zero-order valence-electron chi connectivity index (χ0n) is 11.1. The second kappa shape index (κ2) is 4.70. The minimum atomic E-state index is 0.105. The number of benzene rings is 1. The molecule has 1 aromatic rings. The Kier molecular flexibility index (Phi) is 3.95. The van der Waals surface area contributed by atoms with Gasteiger partial charge in [-0.25, -0.2) is 0 Å². The van der Waals surface area contributed by atoms with E-state index in [2.05, 4.69) is 53.3 Å². The minimum absolute atomic E-state index is 0.105. The second-order valence-electron chi connectivity index (χ2n) is 5.06. The van der Waals surface area contributed by atoms with Crippen molar-refractivity contribution in [1.82, 2.24) is 0 Å². The summed E-state index contributed by atoms with van der Waals surface area (Å²) in [6.45, 7) is 10.9. The number of thiol groups is 1. The minimum Gasteiger partial charge on any atom is -0.496 e. The van der Waals surface area contributed by atoms with Crippen molar-refractivity contribution in [3.63, 3.8) is 0 Å². The summed E-state index contributed by atoms with van der Waals surface area (Å²) in [4.78, 5) is 0. The normalized spacial score (nSPS) is 11.7. The molecule has 0 N–H and O–H groups in total. The van der Waals surface area contributed by atoms with Gasteiger partial charge in [-0.3, -0.25) is 0 Å². The van der Waals surface area contributed by atoms with Gasteiger partial charge in [0, 0.05) is 0 Å². The van der Waals surface area contributed by atoms with E-state index in [4.69, 9.17) is 4.74 Å². The van der Waals surface area contributed by atoms with Crippen LogP contribution in [0.5, 0.6) is 5.75 Å². The average Bonchev–Trinajstić information content (AvgIpc) is 2.23. The van der Waals surface area contributed by atoms with Gasteiger partial charge in [0.05, 0.1) is 7.11 Å².